The molecule has 0 aromatic carbocycles. The highest BCUT2D eigenvalue weighted by atomic mass is 35.5. The highest BCUT2D eigenvalue weighted by Gasteiger charge is 2.51. The summed E-state index contributed by atoms with van der Waals surface area (Å²) in [5, 5.41) is 2.80. The van der Waals surface area contributed by atoms with Crippen LogP contribution >= 0.6 is 23.3 Å². The number of aromatic nitrogens is 2. The molecule has 1 aromatic heterocycles. The summed E-state index contributed by atoms with van der Waals surface area (Å²) in [6.45, 7) is 0. The first kappa shape index (κ1) is 9.08. The number of nitrogens with one attached hydrogen (secondary N) is 1. The van der Waals surface area contributed by atoms with Gasteiger partial charge in [0.1, 0.15) is 0 Å². The Bertz CT molecular complexity index is 313. The lowest BCUT2D eigenvalue weighted by Gasteiger charge is -2.14. The lowest BCUT2D eigenvalue weighted by atomic mass is 10.3. The quantitative estimate of drug-likeness (QED) is 0.859. The molecule has 13 heavy (non-hydrogen) atoms. The normalized spacial score (nSPS) is 19.1. The molecule has 0 bridgehead atoms. The van der Waals surface area contributed by atoms with E-state index in [9.17, 15) is 8.78 Å². The predicted octanol–water partition coefficient (Wildman–Crippen LogP) is 2.40. The Hall–Kier alpha value is -0.490. The number of nitrogens with zero attached hydrogens (tertiary/aromatic N) is 2. The summed E-state index contributed by atoms with van der Waals surface area (Å²) in [7, 11) is 0. The topological polar surface area (TPSA) is 37.8 Å². The molecule has 7 heteroatoms. The minimum Gasteiger partial charge on any atom is -0.355 e. The van der Waals surface area contributed by atoms with E-state index in [-0.39, 0.29) is 11.0 Å². The summed E-state index contributed by atoms with van der Waals surface area (Å²) in [6.07, 6.45) is -1.47. The fraction of sp³-hybridized carbons (Fsp3) is 0.667. The van der Waals surface area contributed by atoms with Crippen molar-refractivity contribution >= 4 is 29.1 Å². The Morgan fingerprint density at radius 1 is 1.46 bits per heavy atom. The van der Waals surface area contributed by atoms with Crippen molar-refractivity contribution in [3.63, 3.8) is 0 Å². The second kappa shape index (κ2) is 3.02. The van der Waals surface area contributed by atoms with Crippen LogP contribution in [0, 0.1) is 0 Å². The van der Waals surface area contributed by atoms with E-state index in [4.69, 9.17) is 11.6 Å². The molecule has 0 amide bonds. The third-order valence-corrected chi connectivity index (χ3v) is 2.91. The van der Waals surface area contributed by atoms with Gasteiger partial charge in [-0.1, -0.05) is 11.6 Å². The number of anilines is 1. The Morgan fingerprint density at radius 3 is 2.54 bits per heavy atom. The highest BCUT2D eigenvalue weighted by Crippen LogP contribution is 2.44. The molecule has 3 nitrogen and oxygen atoms in total. The molecule has 72 valence electrons. The molecular weight excluding hydrogens is 220 g/mol. The molecule has 0 atom stereocenters. The zero-order valence-corrected chi connectivity index (χ0v) is 8.00. The van der Waals surface area contributed by atoms with Gasteiger partial charge in [0.15, 0.2) is 11.0 Å². The predicted molar refractivity (Wildman–Crippen MR) is 46.5 cm³/mol. The lowest BCUT2D eigenvalue weighted by Crippen LogP contribution is -2.30. The molecular formula is C6H6ClF2N3S. The van der Waals surface area contributed by atoms with Crippen LogP contribution in [0.4, 0.5) is 14.6 Å². The molecule has 0 saturated heterocycles. The first-order chi connectivity index (χ1) is 6.14. The minimum atomic E-state index is -2.38. The molecule has 1 aliphatic carbocycles. The Balaban J connectivity index is 2.10. The standard InChI is InChI=1S/C6H6ClF2N3S/c7-3-4(12-13-11-3)10-6(1-2-6)5(8)9/h5H,1-2H2,(H,10,12). The largest absolute Gasteiger partial charge is 0.355 e. The number of hydrogen-bond acceptors (Lipinski definition) is 4. The maximum atomic E-state index is 12.4. The van der Waals surface area contributed by atoms with Crippen molar-refractivity contribution in [3.8, 4) is 0 Å². The zero-order valence-electron chi connectivity index (χ0n) is 6.43. The number of alkyl halides is 2. The molecule has 1 saturated carbocycles. The molecule has 2 rings (SSSR count). The lowest BCUT2D eigenvalue weighted by molar-refractivity contribution is 0.114. The van der Waals surface area contributed by atoms with Crippen LogP contribution in [0.1, 0.15) is 12.8 Å². The monoisotopic (exact) mass is 225 g/mol. The van der Waals surface area contributed by atoms with Gasteiger partial charge in [0.25, 0.3) is 6.43 Å². The minimum absolute atomic E-state index is 0.164. The fourth-order valence-electron chi connectivity index (χ4n) is 1.02. The van der Waals surface area contributed by atoms with Crippen LogP contribution in [0.25, 0.3) is 0 Å². The van der Waals surface area contributed by atoms with Gasteiger partial charge < -0.3 is 5.32 Å². The molecule has 1 aromatic rings. The summed E-state index contributed by atoms with van der Waals surface area (Å²) in [5.74, 6) is 0.268. The SMILES string of the molecule is FC(F)C1(Nc2nsnc2Cl)CC1. The van der Waals surface area contributed by atoms with E-state index in [2.05, 4.69) is 14.1 Å². The van der Waals surface area contributed by atoms with Crippen LogP contribution in [-0.2, 0) is 0 Å². The highest BCUT2D eigenvalue weighted by molar-refractivity contribution is 6.99. The second-order valence-corrected chi connectivity index (χ2v) is 3.87. The maximum Gasteiger partial charge on any atom is 0.261 e. The average molecular weight is 226 g/mol. The molecule has 0 radical (unpaired) electrons. The van der Waals surface area contributed by atoms with Crippen molar-refractivity contribution in [1.82, 2.24) is 8.75 Å². The Morgan fingerprint density at radius 2 is 2.15 bits per heavy atom. The van der Waals surface area contributed by atoms with Gasteiger partial charge in [0.2, 0.25) is 0 Å². The molecule has 0 aliphatic heterocycles. The van der Waals surface area contributed by atoms with Crippen molar-refractivity contribution in [1.29, 1.82) is 0 Å². The van der Waals surface area contributed by atoms with Crippen molar-refractivity contribution in [2.45, 2.75) is 24.8 Å². The Labute approximate surface area is 82.4 Å². The smallest absolute Gasteiger partial charge is 0.261 e. The number of halogens is 3. The Kier molecular flexibility index (Phi) is 2.11. The van der Waals surface area contributed by atoms with E-state index < -0.39 is 12.0 Å². The van der Waals surface area contributed by atoms with E-state index in [1.165, 1.54) is 0 Å². The third-order valence-electron chi connectivity index (χ3n) is 2.02. The average Bonchev–Trinajstić information content (AvgIpc) is 2.74. The summed E-state index contributed by atoms with van der Waals surface area (Å²) in [6, 6.07) is 0. The molecule has 0 spiro atoms. The van der Waals surface area contributed by atoms with E-state index in [1.807, 2.05) is 0 Å². The fourth-order valence-corrected chi connectivity index (χ4v) is 1.67. The van der Waals surface area contributed by atoms with Crippen molar-refractivity contribution in [2.75, 3.05) is 5.32 Å². The maximum absolute atomic E-state index is 12.4. The van der Waals surface area contributed by atoms with Gasteiger partial charge in [-0.2, -0.15) is 8.75 Å². The number of rotatable bonds is 3. The van der Waals surface area contributed by atoms with Crippen molar-refractivity contribution in [3.05, 3.63) is 5.15 Å². The van der Waals surface area contributed by atoms with E-state index in [0.29, 0.717) is 12.8 Å². The molecule has 1 N–H and O–H groups in total. The van der Waals surface area contributed by atoms with Crippen molar-refractivity contribution < 1.29 is 8.78 Å². The van der Waals surface area contributed by atoms with Gasteiger partial charge in [-0.3, -0.25) is 0 Å². The van der Waals surface area contributed by atoms with Crippen LogP contribution in [-0.4, -0.2) is 20.7 Å². The third kappa shape index (κ3) is 1.60. The molecule has 1 fully saturated rings. The van der Waals surface area contributed by atoms with E-state index >= 15 is 0 Å². The van der Waals surface area contributed by atoms with Crippen LogP contribution < -0.4 is 5.32 Å². The molecule has 1 heterocycles. The van der Waals surface area contributed by atoms with E-state index in [0.717, 1.165) is 11.7 Å². The number of hydrogen-bond donors (Lipinski definition) is 1. The molecule has 0 unspecified atom stereocenters. The van der Waals surface area contributed by atoms with Gasteiger partial charge >= 0.3 is 0 Å². The summed E-state index contributed by atoms with van der Waals surface area (Å²) in [4.78, 5) is 0. The van der Waals surface area contributed by atoms with Crippen LogP contribution in [0.2, 0.25) is 5.15 Å². The van der Waals surface area contributed by atoms with Gasteiger partial charge in [-0.25, -0.2) is 8.78 Å². The van der Waals surface area contributed by atoms with Crippen LogP contribution in [0.3, 0.4) is 0 Å². The van der Waals surface area contributed by atoms with Crippen LogP contribution in [0.15, 0.2) is 0 Å². The van der Waals surface area contributed by atoms with Gasteiger partial charge in [0, 0.05) is 0 Å². The van der Waals surface area contributed by atoms with Gasteiger partial charge in [-0.15, -0.1) is 0 Å². The summed E-state index contributed by atoms with van der Waals surface area (Å²) < 4.78 is 32.4. The summed E-state index contributed by atoms with van der Waals surface area (Å²) >= 11 is 6.51. The van der Waals surface area contributed by atoms with Gasteiger partial charge in [-0.05, 0) is 12.8 Å². The first-order valence-corrected chi connectivity index (χ1v) is 4.79. The molecule has 1 aliphatic rings. The second-order valence-electron chi connectivity index (χ2n) is 2.99. The van der Waals surface area contributed by atoms with Crippen LogP contribution in [0.5, 0.6) is 0 Å². The van der Waals surface area contributed by atoms with E-state index in [1.54, 1.807) is 0 Å². The first-order valence-electron chi connectivity index (χ1n) is 3.68. The zero-order chi connectivity index (χ0) is 9.47. The van der Waals surface area contributed by atoms with Gasteiger partial charge in [0.05, 0.1) is 17.3 Å². The summed E-state index contributed by atoms with van der Waals surface area (Å²) in [5.41, 5.74) is -1.10. The van der Waals surface area contributed by atoms with Crippen molar-refractivity contribution in [2.24, 2.45) is 0 Å².